The molecule has 0 spiro atoms. The number of rotatable bonds is 7. The Labute approximate surface area is 193 Å². The number of hydrogen-bond acceptors (Lipinski definition) is 5. The van der Waals surface area contributed by atoms with Gasteiger partial charge in [0.2, 0.25) is 0 Å². The van der Waals surface area contributed by atoms with E-state index in [-0.39, 0.29) is 6.04 Å². The zero-order valence-electron chi connectivity index (χ0n) is 18.8. The molecule has 33 heavy (non-hydrogen) atoms. The van der Waals surface area contributed by atoms with Crippen molar-refractivity contribution in [2.75, 3.05) is 20.8 Å². The van der Waals surface area contributed by atoms with Crippen LogP contribution in [0.5, 0.6) is 17.2 Å². The second-order valence-electron chi connectivity index (χ2n) is 8.07. The van der Waals surface area contributed by atoms with Gasteiger partial charge in [-0.1, -0.05) is 42.5 Å². The van der Waals surface area contributed by atoms with E-state index in [0.29, 0.717) is 6.61 Å². The molecule has 1 aliphatic rings. The number of fused-ring (bicyclic) bond motifs is 2. The summed E-state index contributed by atoms with van der Waals surface area (Å²) in [5.41, 5.74) is 5.42. The molecule has 168 valence electrons. The molecule has 5 nitrogen and oxygen atoms in total. The summed E-state index contributed by atoms with van der Waals surface area (Å²) in [4.78, 5) is 0. The number of methoxy groups -OCH3 is 2. The molecule has 0 radical (unpaired) electrons. The van der Waals surface area contributed by atoms with Gasteiger partial charge in [-0.3, -0.25) is 0 Å². The number of hydrogen-bond donors (Lipinski definition) is 1. The number of benzene rings is 3. The fraction of sp³-hybridized carbons (Fsp3) is 0.214. The third-order valence-electron chi connectivity index (χ3n) is 6.03. The molecular weight excluding hydrogens is 414 g/mol. The van der Waals surface area contributed by atoms with Gasteiger partial charge in [-0.2, -0.15) is 0 Å². The Kier molecular flexibility index (Phi) is 6.05. The molecule has 0 bridgehead atoms. The molecule has 2 heterocycles. The van der Waals surface area contributed by atoms with Gasteiger partial charge < -0.3 is 23.9 Å². The van der Waals surface area contributed by atoms with Gasteiger partial charge in [-0.25, -0.2) is 0 Å². The Balaban J connectivity index is 1.42. The highest BCUT2D eigenvalue weighted by Gasteiger charge is 2.21. The molecule has 0 saturated carbocycles. The van der Waals surface area contributed by atoms with Gasteiger partial charge in [0.15, 0.2) is 11.5 Å². The first-order valence-corrected chi connectivity index (χ1v) is 11.1. The van der Waals surface area contributed by atoms with Gasteiger partial charge in [0.1, 0.15) is 17.9 Å². The van der Waals surface area contributed by atoms with Gasteiger partial charge >= 0.3 is 0 Å². The first kappa shape index (κ1) is 21.2. The lowest BCUT2D eigenvalue weighted by molar-refractivity contribution is 0.283. The van der Waals surface area contributed by atoms with Gasteiger partial charge in [0, 0.05) is 23.6 Å². The van der Waals surface area contributed by atoms with Crippen LogP contribution >= 0.6 is 0 Å². The van der Waals surface area contributed by atoms with Gasteiger partial charge in [0.25, 0.3) is 0 Å². The van der Waals surface area contributed by atoms with E-state index < -0.39 is 0 Å². The summed E-state index contributed by atoms with van der Waals surface area (Å²) in [5.74, 6) is 2.30. The van der Waals surface area contributed by atoms with Crippen molar-refractivity contribution in [3.05, 3.63) is 95.3 Å². The highest BCUT2D eigenvalue weighted by molar-refractivity contribution is 5.83. The van der Waals surface area contributed by atoms with Crippen molar-refractivity contribution in [3.8, 4) is 17.2 Å². The second-order valence-corrected chi connectivity index (χ2v) is 8.07. The quantitative estimate of drug-likeness (QED) is 0.385. The minimum absolute atomic E-state index is 0.0653. The summed E-state index contributed by atoms with van der Waals surface area (Å²) in [6.45, 7) is 1.40. The van der Waals surface area contributed by atoms with E-state index in [1.165, 1.54) is 11.1 Å². The van der Waals surface area contributed by atoms with Crippen LogP contribution in [0.1, 0.15) is 28.3 Å². The van der Waals surface area contributed by atoms with E-state index in [1.54, 1.807) is 20.5 Å². The van der Waals surface area contributed by atoms with Crippen LogP contribution in [0.4, 0.5) is 0 Å². The molecule has 0 fully saturated rings. The van der Waals surface area contributed by atoms with Crippen molar-refractivity contribution >= 4 is 17.0 Å². The van der Waals surface area contributed by atoms with E-state index in [4.69, 9.17) is 18.6 Å². The Hall–Kier alpha value is -3.70. The van der Waals surface area contributed by atoms with E-state index >= 15 is 0 Å². The molecule has 1 unspecified atom stereocenters. The summed E-state index contributed by atoms with van der Waals surface area (Å²) >= 11 is 0. The first-order valence-electron chi connectivity index (χ1n) is 11.1. The van der Waals surface area contributed by atoms with Crippen molar-refractivity contribution in [3.63, 3.8) is 0 Å². The van der Waals surface area contributed by atoms with Crippen LogP contribution in [-0.2, 0) is 13.0 Å². The van der Waals surface area contributed by atoms with Crippen LogP contribution in [0.2, 0.25) is 0 Å². The van der Waals surface area contributed by atoms with Crippen molar-refractivity contribution < 1.29 is 18.6 Å². The largest absolute Gasteiger partial charge is 0.496 e. The van der Waals surface area contributed by atoms with E-state index in [2.05, 4.69) is 47.8 Å². The normalized spacial score (nSPS) is 15.5. The molecule has 1 N–H and O–H groups in total. The Morgan fingerprint density at radius 2 is 1.82 bits per heavy atom. The molecule has 4 aromatic rings. The van der Waals surface area contributed by atoms with E-state index in [1.807, 2.05) is 30.3 Å². The predicted molar refractivity (Wildman–Crippen MR) is 130 cm³/mol. The molecule has 1 aromatic heterocycles. The zero-order valence-corrected chi connectivity index (χ0v) is 18.8. The second kappa shape index (κ2) is 9.43. The van der Waals surface area contributed by atoms with Crippen LogP contribution in [-0.4, -0.2) is 20.8 Å². The summed E-state index contributed by atoms with van der Waals surface area (Å²) in [6.07, 6.45) is 6.91. The monoisotopic (exact) mass is 441 g/mol. The number of nitrogens with one attached hydrogen (secondary N) is 1. The average Bonchev–Trinajstić information content (AvgIpc) is 3.33. The smallest absolute Gasteiger partial charge is 0.161 e. The number of furan rings is 1. The van der Waals surface area contributed by atoms with Crippen LogP contribution in [0.15, 0.2) is 77.4 Å². The Bertz CT molecular complexity index is 1280. The molecule has 1 atom stereocenters. The average molecular weight is 442 g/mol. The third kappa shape index (κ3) is 4.45. The highest BCUT2D eigenvalue weighted by Crippen LogP contribution is 2.37. The van der Waals surface area contributed by atoms with Crippen molar-refractivity contribution in [1.29, 1.82) is 0 Å². The molecule has 5 heteroatoms. The molecule has 1 aliphatic heterocycles. The molecule has 0 saturated heterocycles. The summed E-state index contributed by atoms with van der Waals surface area (Å²) < 4.78 is 22.9. The molecule has 0 amide bonds. The lowest BCUT2D eigenvalue weighted by Crippen LogP contribution is -2.28. The maximum absolute atomic E-state index is 6.12. The maximum atomic E-state index is 6.12. The van der Waals surface area contributed by atoms with Crippen molar-refractivity contribution in [1.82, 2.24) is 5.32 Å². The molecule has 3 aromatic carbocycles. The SMILES string of the molecule is COc1cc2occc2cc1C=CC1NCCc2cc(OCc3ccccc3)c(OC)cc21. The molecular formula is C28H27NO4. The third-order valence-corrected chi connectivity index (χ3v) is 6.03. The lowest BCUT2D eigenvalue weighted by atomic mass is 9.93. The number of ether oxygens (including phenoxy) is 3. The summed E-state index contributed by atoms with van der Waals surface area (Å²) in [7, 11) is 3.36. The summed E-state index contributed by atoms with van der Waals surface area (Å²) in [5, 5.41) is 4.65. The maximum Gasteiger partial charge on any atom is 0.161 e. The van der Waals surface area contributed by atoms with Crippen LogP contribution in [0.3, 0.4) is 0 Å². The molecule has 5 rings (SSSR count). The minimum Gasteiger partial charge on any atom is -0.496 e. The summed E-state index contributed by atoms with van der Waals surface area (Å²) in [6, 6.07) is 20.4. The van der Waals surface area contributed by atoms with Crippen molar-refractivity contribution in [2.45, 2.75) is 19.1 Å². The lowest BCUT2D eigenvalue weighted by Gasteiger charge is -2.26. The fourth-order valence-electron chi connectivity index (χ4n) is 4.29. The van der Waals surface area contributed by atoms with Gasteiger partial charge in [-0.15, -0.1) is 0 Å². The predicted octanol–water partition coefficient (Wildman–Crippen LogP) is 5.93. The Morgan fingerprint density at radius 1 is 0.970 bits per heavy atom. The zero-order chi connectivity index (χ0) is 22.6. The van der Waals surface area contributed by atoms with Crippen LogP contribution in [0.25, 0.3) is 17.0 Å². The van der Waals surface area contributed by atoms with Crippen LogP contribution < -0.4 is 19.5 Å². The van der Waals surface area contributed by atoms with E-state index in [9.17, 15) is 0 Å². The topological polar surface area (TPSA) is 52.9 Å². The van der Waals surface area contributed by atoms with Gasteiger partial charge in [0.05, 0.1) is 26.5 Å². The minimum atomic E-state index is 0.0653. The van der Waals surface area contributed by atoms with E-state index in [0.717, 1.165) is 52.3 Å². The fourth-order valence-corrected chi connectivity index (χ4v) is 4.29. The highest BCUT2D eigenvalue weighted by atomic mass is 16.5. The van der Waals surface area contributed by atoms with Gasteiger partial charge in [-0.05, 0) is 47.4 Å². The Morgan fingerprint density at radius 3 is 2.64 bits per heavy atom. The first-order chi connectivity index (χ1) is 16.2. The van der Waals surface area contributed by atoms with Crippen molar-refractivity contribution in [2.24, 2.45) is 0 Å². The molecule has 0 aliphatic carbocycles. The van der Waals surface area contributed by atoms with Crippen LogP contribution in [0, 0.1) is 0 Å². The standard InChI is InChI=1S/C28H27NO4/c1-30-25-17-26-22(11-13-32-26)14-21(25)8-9-24-23-16-27(31-2)28(15-20(23)10-12-29-24)33-18-19-6-4-3-5-7-19/h3-9,11,13-17,24,29H,10,12,18H2,1-2H3.